The van der Waals surface area contributed by atoms with Crippen molar-refractivity contribution in [2.75, 3.05) is 5.32 Å². The summed E-state index contributed by atoms with van der Waals surface area (Å²) in [6.07, 6.45) is 0. The number of amides is 1. The predicted molar refractivity (Wildman–Crippen MR) is 75.3 cm³/mol. The van der Waals surface area contributed by atoms with Crippen LogP contribution in [0.5, 0.6) is 0 Å². The van der Waals surface area contributed by atoms with E-state index in [1.165, 1.54) is 12.1 Å². The molecule has 1 N–H and O–H groups in total. The van der Waals surface area contributed by atoms with Crippen LogP contribution in [0, 0.1) is 13.8 Å². The molecule has 1 heterocycles. The molecule has 0 aliphatic rings. The summed E-state index contributed by atoms with van der Waals surface area (Å²) in [4.78, 5) is 11.9. The number of hydrogen-bond acceptors (Lipinski definition) is 2. The van der Waals surface area contributed by atoms with Crippen molar-refractivity contribution in [1.82, 2.24) is 0 Å². The third-order valence-corrected chi connectivity index (χ3v) is 3.30. The van der Waals surface area contributed by atoms with Crippen molar-refractivity contribution in [2.24, 2.45) is 0 Å². The summed E-state index contributed by atoms with van der Waals surface area (Å²) in [6.45, 7) is 3.93. The molecule has 1 aromatic heterocycles. The fourth-order valence-electron chi connectivity index (χ4n) is 1.69. The maximum absolute atomic E-state index is 11.9. The van der Waals surface area contributed by atoms with E-state index in [0.29, 0.717) is 0 Å². The van der Waals surface area contributed by atoms with Gasteiger partial charge in [-0.2, -0.15) is 0 Å². The van der Waals surface area contributed by atoms with Gasteiger partial charge in [0.25, 0.3) is 5.91 Å². The van der Waals surface area contributed by atoms with Crippen LogP contribution in [-0.4, -0.2) is 5.91 Å². The summed E-state index contributed by atoms with van der Waals surface area (Å²) in [7, 11) is 0. The Morgan fingerprint density at radius 3 is 2.61 bits per heavy atom. The predicted octanol–water partition coefficient (Wildman–Crippen LogP) is 4.56. The average Bonchev–Trinajstić information content (AvgIpc) is 2.70. The third-order valence-electron chi connectivity index (χ3n) is 2.47. The number of furan rings is 1. The SMILES string of the molecule is Cc1cc(C)c(NC(=O)c2ccc(Cl)o2)c(Br)c1. The Morgan fingerprint density at radius 1 is 1.33 bits per heavy atom. The second-order valence-electron chi connectivity index (χ2n) is 4.00. The molecule has 2 aromatic rings. The number of aryl methyl sites for hydroxylation is 2. The summed E-state index contributed by atoms with van der Waals surface area (Å²) in [6, 6.07) is 7.01. The number of hydrogen-bond donors (Lipinski definition) is 1. The lowest BCUT2D eigenvalue weighted by Crippen LogP contribution is -2.12. The summed E-state index contributed by atoms with van der Waals surface area (Å²) in [5, 5.41) is 2.99. The van der Waals surface area contributed by atoms with Crippen LogP contribution in [0.2, 0.25) is 5.22 Å². The molecule has 0 unspecified atom stereocenters. The monoisotopic (exact) mass is 327 g/mol. The Bertz CT molecular complexity index is 584. The summed E-state index contributed by atoms with van der Waals surface area (Å²) in [5.74, 6) is -0.138. The largest absolute Gasteiger partial charge is 0.440 e. The number of rotatable bonds is 2. The highest BCUT2D eigenvalue weighted by Crippen LogP contribution is 2.28. The van der Waals surface area contributed by atoms with Gasteiger partial charge < -0.3 is 9.73 Å². The smallest absolute Gasteiger partial charge is 0.291 e. The fraction of sp³-hybridized carbons (Fsp3) is 0.154. The lowest BCUT2D eigenvalue weighted by molar-refractivity contribution is 0.0996. The van der Waals surface area contributed by atoms with Gasteiger partial charge in [-0.15, -0.1) is 0 Å². The standard InChI is InChI=1S/C13H11BrClNO2/c1-7-5-8(2)12(9(14)6-7)16-13(17)10-3-4-11(15)18-10/h3-6H,1-2H3,(H,16,17). The van der Waals surface area contributed by atoms with Crippen LogP contribution in [0.3, 0.4) is 0 Å². The van der Waals surface area contributed by atoms with Crippen molar-refractivity contribution in [3.8, 4) is 0 Å². The van der Waals surface area contributed by atoms with Gasteiger partial charge in [0, 0.05) is 4.47 Å². The van der Waals surface area contributed by atoms with Crippen LogP contribution < -0.4 is 5.32 Å². The van der Waals surface area contributed by atoms with Gasteiger partial charge in [-0.05, 0) is 70.7 Å². The van der Waals surface area contributed by atoms with Gasteiger partial charge >= 0.3 is 0 Å². The molecule has 0 radical (unpaired) electrons. The van der Waals surface area contributed by atoms with Crippen LogP contribution in [0.25, 0.3) is 0 Å². The molecule has 0 bridgehead atoms. The van der Waals surface area contributed by atoms with E-state index < -0.39 is 0 Å². The van der Waals surface area contributed by atoms with Gasteiger partial charge in [0.2, 0.25) is 0 Å². The number of carbonyl (C=O) groups is 1. The van der Waals surface area contributed by atoms with Gasteiger partial charge in [0.05, 0.1) is 5.69 Å². The number of anilines is 1. The van der Waals surface area contributed by atoms with Crippen LogP contribution >= 0.6 is 27.5 Å². The van der Waals surface area contributed by atoms with E-state index in [-0.39, 0.29) is 16.9 Å². The van der Waals surface area contributed by atoms with Gasteiger partial charge in [0.1, 0.15) is 0 Å². The summed E-state index contributed by atoms with van der Waals surface area (Å²) in [5.41, 5.74) is 2.84. The second-order valence-corrected chi connectivity index (χ2v) is 5.22. The highest BCUT2D eigenvalue weighted by atomic mass is 79.9. The molecule has 18 heavy (non-hydrogen) atoms. The molecule has 0 saturated carbocycles. The van der Waals surface area contributed by atoms with Crippen LogP contribution in [0.15, 0.2) is 33.2 Å². The van der Waals surface area contributed by atoms with Crippen molar-refractivity contribution in [3.63, 3.8) is 0 Å². The Morgan fingerprint density at radius 2 is 2.06 bits per heavy atom. The Kier molecular flexibility index (Phi) is 3.78. The Balaban J connectivity index is 2.27. The molecular formula is C13H11BrClNO2. The first-order valence-corrected chi connectivity index (χ1v) is 6.48. The molecule has 0 atom stereocenters. The molecule has 0 aliphatic heterocycles. The normalized spacial score (nSPS) is 10.4. The molecule has 0 aliphatic carbocycles. The number of carbonyl (C=O) groups excluding carboxylic acids is 1. The van der Waals surface area contributed by atoms with E-state index in [2.05, 4.69) is 21.2 Å². The Hall–Kier alpha value is -1.26. The van der Waals surface area contributed by atoms with E-state index in [1.807, 2.05) is 26.0 Å². The quantitative estimate of drug-likeness (QED) is 0.877. The van der Waals surface area contributed by atoms with Crippen LogP contribution in [-0.2, 0) is 0 Å². The zero-order valence-electron chi connectivity index (χ0n) is 9.88. The molecule has 0 spiro atoms. The van der Waals surface area contributed by atoms with Crippen molar-refractivity contribution in [1.29, 1.82) is 0 Å². The minimum atomic E-state index is -0.324. The van der Waals surface area contributed by atoms with Gasteiger partial charge in [-0.3, -0.25) is 4.79 Å². The first kappa shape index (κ1) is 13.2. The average molecular weight is 329 g/mol. The molecular weight excluding hydrogens is 318 g/mol. The highest BCUT2D eigenvalue weighted by Gasteiger charge is 2.14. The van der Waals surface area contributed by atoms with Crippen LogP contribution in [0.4, 0.5) is 5.69 Å². The maximum atomic E-state index is 11.9. The van der Waals surface area contributed by atoms with Gasteiger partial charge in [-0.1, -0.05) is 6.07 Å². The molecule has 94 valence electrons. The second kappa shape index (κ2) is 5.16. The fourth-order valence-corrected chi connectivity index (χ4v) is 2.60. The Labute approximate surface area is 118 Å². The maximum Gasteiger partial charge on any atom is 0.291 e. The van der Waals surface area contributed by atoms with E-state index in [0.717, 1.165) is 21.3 Å². The van der Waals surface area contributed by atoms with Crippen molar-refractivity contribution in [3.05, 3.63) is 50.8 Å². The zero-order chi connectivity index (χ0) is 13.3. The first-order chi connectivity index (χ1) is 8.47. The lowest BCUT2D eigenvalue weighted by Gasteiger charge is -2.10. The van der Waals surface area contributed by atoms with Crippen molar-refractivity contribution >= 4 is 39.1 Å². The molecule has 2 rings (SSSR count). The number of benzene rings is 1. The van der Waals surface area contributed by atoms with E-state index >= 15 is 0 Å². The van der Waals surface area contributed by atoms with E-state index in [1.54, 1.807) is 0 Å². The molecule has 3 nitrogen and oxygen atoms in total. The molecule has 0 fully saturated rings. The number of halogens is 2. The highest BCUT2D eigenvalue weighted by molar-refractivity contribution is 9.10. The molecule has 1 amide bonds. The van der Waals surface area contributed by atoms with Crippen LogP contribution in [0.1, 0.15) is 21.7 Å². The zero-order valence-corrected chi connectivity index (χ0v) is 12.2. The number of nitrogens with one attached hydrogen (secondary N) is 1. The lowest BCUT2D eigenvalue weighted by atomic mass is 10.1. The van der Waals surface area contributed by atoms with Gasteiger partial charge in [-0.25, -0.2) is 0 Å². The van der Waals surface area contributed by atoms with E-state index in [9.17, 15) is 4.79 Å². The van der Waals surface area contributed by atoms with Crippen molar-refractivity contribution < 1.29 is 9.21 Å². The van der Waals surface area contributed by atoms with Crippen molar-refractivity contribution in [2.45, 2.75) is 13.8 Å². The molecule has 5 heteroatoms. The van der Waals surface area contributed by atoms with Gasteiger partial charge in [0.15, 0.2) is 11.0 Å². The molecule has 1 aromatic carbocycles. The topological polar surface area (TPSA) is 42.2 Å². The molecule has 0 saturated heterocycles. The van der Waals surface area contributed by atoms with E-state index in [4.69, 9.17) is 16.0 Å². The third kappa shape index (κ3) is 2.76. The minimum absolute atomic E-state index is 0.187. The summed E-state index contributed by atoms with van der Waals surface area (Å²) >= 11 is 9.07. The minimum Gasteiger partial charge on any atom is -0.440 e. The summed E-state index contributed by atoms with van der Waals surface area (Å²) < 4.78 is 5.90. The first-order valence-electron chi connectivity index (χ1n) is 5.31.